The normalized spacial score (nSPS) is 26.8. The van der Waals surface area contributed by atoms with Crippen LogP contribution in [0.4, 0.5) is 0 Å². The topological polar surface area (TPSA) is 15.7 Å². The zero-order chi connectivity index (χ0) is 10.1. The summed E-state index contributed by atoms with van der Waals surface area (Å²) < 4.78 is 5.79. The first-order valence-electron chi connectivity index (χ1n) is 4.92. The summed E-state index contributed by atoms with van der Waals surface area (Å²) in [5.74, 6) is 0. The van der Waals surface area contributed by atoms with E-state index >= 15 is 0 Å². The molecule has 1 rings (SSSR count). The molecule has 13 heavy (non-hydrogen) atoms. The molecule has 0 aromatic rings. The first-order chi connectivity index (χ1) is 5.94. The molecule has 0 radical (unpaired) electrons. The molecule has 0 aromatic heterocycles. The molecule has 0 unspecified atom stereocenters. The molecule has 0 saturated carbocycles. The Kier molecular flexibility index (Phi) is 3.33. The van der Waals surface area contributed by atoms with Gasteiger partial charge in [0.15, 0.2) is 0 Å². The van der Waals surface area contributed by atoms with Crippen molar-refractivity contribution in [1.82, 2.24) is 9.80 Å². The van der Waals surface area contributed by atoms with E-state index in [4.69, 9.17) is 4.74 Å². The molecule has 78 valence electrons. The molecule has 0 N–H and O–H groups in total. The van der Waals surface area contributed by atoms with Gasteiger partial charge in [0.2, 0.25) is 0 Å². The van der Waals surface area contributed by atoms with Gasteiger partial charge >= 0.3 is 0 Å². The highest BCUT2D eigenvalue weighted by Crippen LogP contribution is 2.21. The zero-order valence-corrected chi connectivity index (χ0v) is 9.50. The highest BCUT2D eigenvalue weighted by atomic mass is 16.5. The number of ether oxygens (including phenoxy) is 1. The van der Waals surface area contributed by atoms with E-state index in [1.165, 1.54) is 0 Å². The summed E-state index contributed by atoms with van der Waals surface area (Å²) in [7, 11) is 6.37. The minimum atomic E-state index is 0.120. The standard InChI is InChI=1S/C10H22N2O/c1-10(2,11(3)4)9-8-12(5)6-7-13-9/h9H,6-8H2,1-5H3/t9-/m1/s1. The molecule has 0 aliphatic carbocycles. The summed E-state index contributed by atoms with van der Waals surface area (Å²) in [4.78, 5) is 4.57. The fourth-order valence-electron chi connectivity index (χ4n) is 1.49. The van der Waals surface area contributed by atoms with Gasteiger partial charge in [-0.1, -0.05) is 0 Å². The van der Waals surface area contributed by atoms with Crippen LogP contribution in [-0.4, -0.2) is 62.3 Å². The predicted molar refractivity (Wildman–Crippen MR) is 55.0 cm³/mol. The van der Waals surface area contributed by atoms with Crippen molar-refractivity contribution < 1.29 is 4.74 Å². The van der Waals surface area contributed by atoms with Crippen molar-refractivity contribution >= 4 is 0 Å². The van der Waals surface area contributed by atoms with Gasteiger partial charge < -0.3 is 14.5 Å². The highest BCUT2D eigenvalue weighted by molar-refractivity contribution is 4.90. The summed E-state index contributed by atoms with van der Waals surface area (Å²) in [5, 5.41) is 0. The third-order valence-corrected chi connectivity index (χ3v) is 3.21. The molecule has 1 atom stereocenters. The van der Waals surface area contributed by atoms with Crippen LogP contribution in [0, 0.1) is 0 Å². The summed E-state index contributed by atoms with van der Waals surface area (Å²) in [6.45, 7) is 7.41. The molecule has 1 heterocycles. The van der Waals surface area contributed by atoms with Crippen LogP contribution in [-0.2, 0) is 4.74 Å². The van der Waals surface area contributed by atoms with Gasteiger partial charge in [-0.05, 0) is 35.0 Å². The molecule has 1 saturated heterocycles. The monoisotopic (exact) mass is 186 g/mol. The van der Waals surface area contributed by atoms with Crippen molar-refractivity contribution in [2.24, 2.45) is 0 Å². The lowest BCUT2D eigenvalue weighted by atomic mass is 9.94. The van der Waals surface area contributed by atoms with E-state index in [0.29, 0.717) is 6.10 Å². The fraction of sp³-hybridized carbons (Fsp3) is 1.00. The molecule has 0 amide bonds. The average Bonchev–Trinajstić information content (AvgIpc) is 2.04. The van der Waals surface area contributed by atoms with Gasteiger partial charge in [0.25, 0.3) is 0 Å². The SMILES string of the molecule is CN1CCO[C@@H](C(C)(C)N(C)C)C1. The first kappa shape index (κ1) is 11.0. The van der Waals surface area contributed by atoms with Crippen LogP contribution in [0.2, 0.25) is 0 Å². The van der Waals surface area contributed by atoms with E-state index in [0.717, 1.165) is 19.7 Å². The van der Waals surface area contributed by atoms with Crippen LogP contribution >= 0.6 is 0 Å². The Morgan fingerprint density at radius 1 is 1.38 bits per heavy atom. The Morgan fingerprint density at radius 2 is 2.00 bits per heavy atom. The van der Waals surface area contributed by atoms with Gasteiger partial charge in [-0.25, -0.2) is 0 Å². The van der Waals surface area contributed by atoms with Crippen LogP contribution in [0.25, 0.3) is 0 Å². The molecule has 1 aliphatic rings. The third kappa shape index (κ3) is 2.42. The van der Waals surface area contributed by atoms with E-state index in [1.54, 1.807) is 0 Å². The minimum Gasteiger partial charge on any atom is -0.374 e. The summed E-state index contributed by atoms with van der Waals surface area (Å²) in [6, 6.07) is 0. The van der Waals surface area contributed by atoms with Crippen LogP contribution in [0.5, 0.6) is 0 Å². The largest absolute Gasteiger partial charge is 0.374 e. The Bertz CT molecular complexity index is 168. The van der Waals surface area contributed by atoms with Crippen LogP contribution in [0.3, 0.4) is 0 Å². The van der Waals surface area contributed by atoms with E-state index in [1.807, 2.05) is 0 Å². The second-order valence-electron chi connectivity index (χ2n) is 4.67. The van der Waals surface area contributed by atoms with Gasteiger partial charge in [0.05, 0.1) is 12.7 Å². The first-order valence-corrected chi connectivity index (χ1v) is 4.92. The van der Waals surface area contributed by atoms with Gasteiger partial charge in [-0.2, -0.15) is 0 Å². The molecule has 0 spiro atoms. The third-order valence-electron chi connectivity index (χ3n) is 3.21. The lowest BCUT2D eigenvalue weighted by Gasteiger charge is -2.43. The molecule has 0 bridgehead atoms. The average molecular weight is 186 g/mol. The summed E-state index contributed by atoms with van der Waals surface area (Å²) in [6.07, 6.45) is 0.321. The Labute approximate surface area is 81.7 Å². The summed E-state index contributed by atoms with van der Waals surface area (Å²) >= 11 is 0. The van der Waals surface area contributed by atoms with Gasteiger partial charge in [0.1, 0.15) is 0 Å². The number of hydrogen-bond acceptors (Lipinski definition) is 3. The van der Waals surface area contributed by atoms with Crippen LogP contribution in [0.1, 0.15) is 13.8 Å². The van der Waals surface area contributed by atoms with Crippen molar-refractivity contribution in [2.45, 2.75) is 25.5 Å². The number of likely N-dealkylation sites (N-methyl/N-ethyl adjacent to an activating group) is 2. The Hall–Kier alpha value is -0.120. The highest BCUT2D eigenvalue weighted by Gasteiger charge is 2.34. The quantitative estimate of drug-likeness (QED) is 0.630. The van der Waals surface area contributed by atoms with Gasteiger partial charge in [-0.15, -0.1) is 0 Å². The maximum atomic E-state index is 5.79. The number of morpholine rings is 1. The maximum absolute atomic E-state index is 5.79. The Balaban J connectivity index is 2.59. The molecular formula is C10H22N2O. The summed E-state index contributed by atoms with van der Waals surface area (Å²) in [5.41, 5.74) is 0.120. The second-order valence-corrected chi connectivity index (χ2v) is 4.67. The van der Waals surface area contributed by atoms with Crippen molar-refractivity contribution in [3.63, 3.8) is 0 Å². The second kappa shape index (κ2) is 3.95. The molecule has 3 heteroatoms. The van der Waals surface area contributed by atoms with Gasteiger partial charge in [-0.3, -0.25) is 0 Å². The van der Waals surface area contributed by atoms with Crippen LogP contribution < -0.4 is 0 Å². The predicted octanol–water partition coefficient (Wildman–Crippen LogP) is 0.657. The molecule has 3 nitrogen and oxygen atoms in total. The zero-order valence-electron chi connectivity index (χ0n) is 9.50. The van der Waals surface area contributed by atoms with Crippen molar-refractivity contribution in [3.05, 3.63) is 0 Å². The maximum Gasteiger partial charge on any atom is 0.0880 e. The molecule has 1 aliphatic heterocycles. The number of nitrogens with zero attached hydrogens (tertiary/aromatic N) is 2. The number of hydrogen-bond donors (Lipinski definition) is 0. The van der Waals surface area contributed by atoms with E-state index in [2.05, 4.69) is 44.8 Å². The Morgan fingerprint density at radius 3 is 2.46 bits per heavy atom. The van der Waals surface area contributed by atoms with E-state index in [9.17, 15) is 0 Å². The smallest absolute Gasteiger partial charge is 0.0880 e. The van der Waals surface area contributed by atoms with Crippen LogP contribution in [0.15, 0.2) is 0 Å². The molecule has 0 aromatic carbocycles. The lowest BCUT2D eigenvalue weighted by Crippen LogP contribution is -2.56. The molecule has 1 fully saturated rings. The molecular weight excluding hydrogens is 164 g/mol. The van der Waals surface area contributed by atoms with E-state index < -0.39 is 0 Å². The van der Waals surface area contributed by atoms with Gasteiger partial charge in [0, 0.05) is 18.6 Å². The van der Waals surface area contributed by atoms with Crippen molar-refractivity contribution in [1.29, 1.82) is 0 Å². The van der Waals surface area contributed by atoms with Crippen molar-refractivity contribution in [3.8, 4) is 0 Å². The fourth-order valence-corrected chi connectivity index (χ4v) is 1.49. The van der Waals surface area contributed by atoms with Crippen molar-refractivity contribution in [2.75, 3.05) is 40.8 Å². The van der Waals surface area contributed by atoms with E-state index in [-0.39, 0.29) is 5.54 Å². The lowest BCUT2D eigenvalue weighted by molar-refractivity contribution is -0.0874. The minimum absolute atomic E-state index is 0.120. The number of rotatable bonds is 2.